The van der Waals surface area contributed by atoms with Gasteiger partial charge in [-0.15, -0.1) is 0 Å². The third kappa shape index (κ3) is 3.30. The lowest BCUT2D eigenvalue weighted by Crippen LogP contribution is -2.45. The van der Waals surface area contributed by atoms with E-state index < -0.39 is 0 Å². The molecule has 2 aliphatic rings. The Morgan fingerprint density at radius 3 is 2.89 bits per heavy atom. The lowest BCUT2D eigenvalue weighted by Gasteiger charge is -2.33. The highest BCUT2D eigenvalue weighted by molar-refractivity contribution is 9.10. The SMILES string of the molecule is O=C(NC1CC1)N1CCCC(c2cccc(Br)c2)C1. The van der Waals surface area contributed by atoms with E-state index in [-0.39, 0.29) is 6.03 Å². The summed E-state index contributed by atoms with van der Waals surface area (Å²) in [5, 5.41) is 3.08. The monoisotopic (exact) mass is 322 g/mol. The van der Waals surface area contributed by atoms with E-state index in [0.717, 1.165) is 36.8 Å². The molecule has 3 nitrogen and oxygen atoms in total. The zero-order valence-electron chi connectivity index (χ0n) is 10.9. The molecule has 0 spiro atoms. The highest BCUT2D eigenvalue weighted by atomic mass is 79.9. The number of rotatable bonds is 2. The van der Waals surface area contributed by atoms with E-state index in [1.165, 1.54) is 12.0 Å². The maximum absolute atomic E-state index is 12.1. The fourth-order valence-corrected chi connectivity index (χ4v) is 3.10. The maximum atomic E-state index is 12.1. The van der Waals surface area contributed by atoms with Gasteiger partial charge in [-0.2, -0.15) is 0 Å². The Morgan fingerprint density at radius 2 is 2.16 bits per heavy atom. The molecule has 1 aliphatic heterocycles. The third-order valence-electron chi connectivity index (χ3n) is 3.93. The van der Waals surface area contributed by atoms with Gasteiger partial charge in [0.1, 0.15) is 0 Å². The minimum atomic E-state index is 0.127. The molecule has 4 heteroatoms. The Morgan fingerprint density at radius 1 is 1.32 bits per heavy atom. The second-order valence-corrected chi connectivity index (χ2v) is 6.48. The molecule has 1 aliphatic carbocycles. The number of likely N-dealkylation sites (tertiary alicyclic amines) is 1. The van der Waals surface area contributed by atoms with E-state index in [2.05, 4.69) is 39.4 Å². The molecule has 0 bridgehead atoms. The van der Waals surface area contributed by atoms with Crippen molar-refractivity contribution < 1.29 is 4.79 Å². The molecule has 2 amide bonds. The van der Waals surface area contributed by atoms with Gasteiger partial charge >= 0.3 is 6.03 Å². The van der Waals surface area contributed by atoms with Crippen LogP contribution in [-0.2, 0) is 0 Å². The van der Waals surface area contributed by atoms with Crippen molar-refractivity contribution in [3.8, 4) is 0 Å². The molecule has 0 radical (unpaired) electrons. The number of nitrogens with zero attached hydrogens (tertiary/aromatic N) is 1. The first-order chi connectivity index (χ1) is 9.22. The summed E-state index contributed by atoms with van der Waals surface area (Å²) < 4.78 is 1.12. The summed E-state index contributed by atoms with van der Waals surface area (Å²) in [6, 6.07) is 9.03. The van der Waals surface area contributed by atoms with Crippen LogP contribution < -0.4 is 5.32 Å². The number of benzene rings is 1. The topological polar surface area (TPSA) is 32.3 Å². The van der Waals surface area contributed by atoms with Gasteiger partial charge in [0.05, 0.1) is 0 Å². The summed E-state index contributed by atoms with van der Waals surface area (Å²) in [6.07, 6.45) is 4.56. The van der Waals surface area contributed by atoms with Crippen molar-refractivity contribution in [2.24, 2.45) is 0 Å². The third-order valence-corrected chi connectivity index (χ3v) is 4.43. The second kappa shape index (κ2) is 5.53. The number of carbonyl (C=O) groups excluding carboxylic acids is 1. The standard InChI is InChI=1S/C15H19BrN2O/c16-13-5-1-3-11(9-13)12-4-2-8-18(10-12)15(19)17-14-6-7-14/h1,3,5,9,12,14H,2,4,6-8,10H2,(H,17,19). The number of nitrogens with one attached hydrogen (secondary N) is 1. The first-order valence-corrected chi connectivity index (χ1v) is 7.82. The largest absolute Gasteiger partial charge is 0.335 e. The van der Waals surface area contributed by atoms with Crippen LogP contribution in [0.2, 0.25) is 0 Å². The molecule has 1 saturated heterocycles. The summed E-state index contributed by atoms with van der Waals surface area (Å²) in [4.78, 5) is 14.1. The van der Waals surface area contributed by atoms with Gasteiger partial charge < -0.3 is 10.2 Å². The normalized spacial score (nSPS) is 23.2. The predicted molar refractivity (Wildman–Crippen MR) is 79.2 cm³/mol. The molecule has 1 aromatic carbocycles. The second-order valence-electron chi connectivity index (χ2n) is 5.56. The fraction of sp³-hybridized carbons (Fsp3) is 0.533. The van der Waals surface area contributed by atoms with Gasteiger partial charge in [-0.3, -0.25) is 0 Å². The van der Waals surface area contributed by atoms with Crippen molar-refractivity contribution >= 4 is 22.0 Å². The number of hydrogen-bond acceptors (Lipinski definition) is 1. The summed E-state index contributed by atoms with van der Waals surface area (Å²) in [7, 11) is 0. The highest BCUT2D eigenvalue weighted by Gasteiger charge is 2.29. The number of carbonyl (C=O) groups is 1. The van der Waals surface area contributed by atoms with Gasteiger partial charge in [0.15, 0.2) is 0 Å². The van der Waals surface area contributed by atoms with Gasteiger partial charge in [0.2, 0.25) is 0 Å². The predicted octanol–water partition coefficient (Wildman–Crippen LogP) is 3.50. The van der Waals surface area contributed by atoms with E-state index in [1.807, 2.05) is 11.0 Å². The Labute approximate surface area is 122 Å². The molecule has 19 heavy (non-hydrogen) atoms. The molecule has 102 valence electrons. The van der Waals surface area contributed by atoms with E-state index in [1.54, 1.807) is 0 Å². The van der Waals surface area contributed by atoms with Crippen LogP contribution >= 0.6 is 15.9 Å². The summed E-state index contributed by atoms with van der Waals surface area (Å²) in [6.45, 7) is 1.73. The van der Waals surface area contributed by atoms with Gasteiger partial charge in [-0.1, -0.05) is 28.1 Å². The average molecular weight is 323 g/mol. The zero-order valence-corrected chi connectivity index (χ0v) is 12.5. The zero-order chi connectivity index (χ0) is 13.2. The highest BCUT2D eigenvalue weighted by Crippen LogP contribution is 2.29. The van der Waals surface area contributed by atoms with Crippen molar-refractivity contribution in [3.63, 3.8) is 0 Å². The Kier molecular flexibility index (Phi) is 3.78. The average Bonchev–Trinajstić information content (AvgIpc) is 3.23. The van der Waals surface area contributed by atoms with Gasteiger partial charge in [0.25, 0.3) is 0 Å². The number of hydrogen-bond donors (Lipinski definition) is 1. The molecule has 1 N–H and O–H groups in total. The molecule has 1 aromatic rings. The van der Waals surface area contributed by atoms with Gasteiger partial charge in [-0.25, -0.2) is 4.79 Å². The number of halogens is 1. The van der Waals surface area contributed by atoms with Crippen molar-refractivity contribution in [2.45, 2.75) is 37.6 Å². The van der Waals surface area contributed by atoms with Crippen molar-refractivity contribution in [1.29, 1.82) is 0 Å². The summed E-state index contributed by atoms with van der Waals surface area (Å²) >= 11 is 3.52. The lowest BCUT2D eigenvalue weighted by atomic mass is 9.91. The van der Waals surface area contributed by atoms with Crippen LogP contribution in [0.15, 0.2) is 28.7 Å². The minimum Gasteiger partial charge on any atom is -0.335 e. The molecule has 0 aromatic heterocycles. The van der Waals surface area contributed by atoms with E-state index in [0.29, 0.717) is 12.0 Å². The maximum Gasteiger partial charge on any atom is 0.317 e. The Balaban J connectivity index is 1.65. The fourth-order valence-electron chi connectivity index (χ4n) is 2.69. The molecule has 2 fully saturated rings. The van der Waals surface area contributed by atoms with Crippen molar-refractivity contribution in [3.05, 3.63) is 34.3 Å². The molecule has 1 atom stereocenters. The van der Waals surface area contributed by atoms with Crippen LogP contribution in [0.25, 0.3) is 0 Å². The van der Waals surface area contributed by atoms with Crippen LogP contribution in [0.4, 0.5) is 4.79 Å². The molecule has 1 saturated carbocycles. The number of amides is 2. The van der Waals surface area contributed by atoms with Crippen LogP contribution in [0.1, 0.15) is 37.2 Å². The van der Waals surface area contributed by atoms with Crippen LogP contribution in [0.5, 0.6) is 0 Å². The minimum absolute atomic E-state index is 0.127. The summed E-state index contributed by atoms with van der Waals surface area (Å²) in [5.41, 5.74) is 1.33. The van der Waals surface area contributed by atoms with E-state index in [4.69, 9.17) is 0 Å². The van der Waals surface area contributed by atoms with E-state index in [9.17, 15) is 4.79 Å². The van der Waals surface area contributed by atoms with Gasteiger partial charge in [-0.05, 0) is 43.4 Å². The first kappa shape index (κ1) is 13.0. The lowest BCUT2D eigenvalue weighted by molar-refractivity contribution is 0.179. The number of piperidine rings is 1. The van der Waals surface area contributed by atoms with Crippen molar-refractivity contribution in [2.75, 3.05) is 13.1 Å². The summed E-state index contributed by atoms with van der Waals surface area (Å²) in [5.74, 6) is 0.469. The van der Waals surface area contributed by atoms with E-state index >= 15 is 0 Å². The molecule has 3 rings (SSSR count). The Hall–Kier alpha value is -1.03. The van der Waals surface area contributed by atoms with Crippen LogP contribution in [0.3, 0.4) is 0 Å². The molecular weight excluding hydrogens is 304 g/mol. The smallest absolute Gasteiger partial charge is 0.317 e. The van der Waals surface area contributed by atoms with Crippen LogP contribution in [-0.4, -0.2) is 30.1 Å². The Bertz CT molecular complexity index is 473. The van der Waals surface area contributed by atoms with Crippen molar-refractivity contribution in [1.82, 2.24) is 10.2 Å². The first-order valence-electron chi connectivity index (χ1n) is 7.03. The molecular formula is C15H19BrN2O. The quantitative estimate of drug-likeness (QED) is 0.888. The van der Waals surface area contributed by atoms with Gasteiger partial charge in [0, 0.05) is 29.5 Å². The molecule has 1 heterocycles. The molecule has 1 unspecified atom stereocenters. The van der Waals surface area contributed by atoms with Crippen LogP contribution in [0, 0.1) is 0 Å². The number of urea groups is 1.